The van der Waals surface area contributed by atoms with Crippen molar-refractivity contribution in [1.82, 2.24) is 20.9 Å². The van der Waals surface area contributed by atoms with Crippen molar-refractivity contribution >= 4 is 29.1 Å². The lowest BCUT2D eigenvalue weighted by Crippen LogP contribution is -2.45. The van der Waals surface area contributed by atoms with Crippen LogP contribution in [0.5, 0.6) is 0 Å². The maximum atomic E-state index is 13.4. The van der Waals surface area contributed by atoms with Crippen LogP contribution in [0.1, 0.15) is 54.5 Å². The van der Waals surface area contributed by atoms with E-state index in [1.54, 1.807) is 20.8 Å². The van der Waals surface area contributed by atoms with Crippen LogP contribution in [0.15, 0.2) is 103 Å². The molecular formula is C41H44N4O6. The van der Waals surface area contributed by atoms with E-state index in [9.17, 15) is 19.5 Å². The number of aliphatic carboxylic acids is 1. The van der Waals surface area contributed by atoms with Gasteiger partial charge in [0.05, 0.1) is 0 Å². The Kier molecular flexibility index (Phi) is 10.7. The quantitative estimate of drug-likeness (QED) is 0.0904. The molecule has 1 unspecified atom stereocenters. The molecule has 2 atom stereocenters. The second-order valence-corrected chi connectivity index (χ2v) is 13.9. The fourth-order valence-corrected chi connectivity index (χ4v) is 6.73. The van der Waals surface area contributed by atoms with E-state index in [0.29, 0.717) is 19.5 Å². The number of aromatic nitrogens is 1. The van der Waals surface area contributed by atoms with E-state index < -0.39 is 29.8 Å². The molecule has 0 fully saturated rings. The Balaban J connectivity index is 1.13. The maximum Gasteiger partial charge on any atom is 0.408 e. The Morgan fingerprint density at radius 1 is 0.765 bits per heavy atom. The van der Waals surface area contributed by atoms with Gasteiger partial charge in [-0.15, -0.1) is 0 Å². The van der Waals surface area contributed by atoms with Gasteiger partial charge in [-0.05, 0) is 72.2 Å². The van der Waals surface area contributed by atoms with E-state index in [1.807, 2.05) is 72.9 Å². The summed E-state index contributed by atoms with van der Waals surface area (Å²) in [7, 11) is 0. The zero-order chi connectivity index (χ0) is 36.0. The normalized spacial score (nSPS) is 13.5. The van der Waals surface area contributed by atoms with Crippen LogP contribution in [-0.2, 0) is 33.7 Å². The van der Waals surface area contributed by atoms with Crippen LogP contribution in [0.4, 0.5) is 9.59 Å². The van der Waals surface area contributed by atoms with Crippen molar-refractivity contribution < 1.29 is 29.0 Å². The van der Waals surface area contributed by atoms with Gasteiger partial charge >= 0.3 is 18.2 Å². The highest BCUT2D eigenvalue weighted by Gasteiger charge is 2.30. The number of alkyl carbamates (subject to hydrolysis) is 2. The van der Waals surface area contributed by atoms with Crippen molar-refractivity contribution in [3.8, 4) is 11.1 Å². The van der Waals surface area contributed by atoms with Crippen molar-refractivity contribution in [2.45, 2.75) is 63.8 Å². The molecule has 264 valence electrons. The van der Waals surface area contributed by atoms with Gasteiger partial charge in [-0.3, -0.25) is 0 Å². The molecular weight excluding hydrogens is 644 g/mol. The summed E-state index contributed by atoms with van der Waals surface area (Å²) in [5.74, 6) is -1.21. The summed E-state index contributed by atoms with van der Waals surface area (Å²) in [6.45, 7) is 6.19. The minimum Gasteiger partial charge on any atom is -0.480 e. The van der Waals surface area contributed by atoms with Gasteiger partial charge in [0, 0.05) is 48.6 Å². The van der Waals surface area contributed by atoms with E-state index in [4.69, 9.17) is 9.47 Å². The highest BCUT2D eigenvalue weighted by Crippen LogP contribution is 2.44. The SMILES string of the molecule is CC(C)(C)OC(=O)NC(Cc1ccccc1CNC[C@H](Cc1c[nH]c2ccccc12)NC(=O)OCC1c2ccccc2-c2ccccc21)C(=O)O. The summed E-state index contributed by atoms with van der Waals surface area (Å²) in [6.07, 6.45) is 1.30. The number of aromatic amines is 1. The largest absolute Gasteiger partial charge is 0.480 e. The monoisotopic (exact) mass is 688 g/mol. The third kappa shape index (κ3) is 8.77. The van der Waals surface area contributed by atoms with Crippen LogP contribution in [0.25, 0.3) is 22.0 Å². The van der Waals surface area contributed by atoms with Crippen LogP contribution in [0.3, 0.4) is 0 Å². The number of H-pyrrole nitrogens is 1. The predicted molar refractivity (Wildman–Crippen MR) is 197 cm³/mol. The van der Waals surface area contributed by atoms with Gasteiger partial charge in [-0.1, -0.05) is 91.0 Å². The molecule has 1 aromatic heterocycles. The van der Waals surface area contributed by atoms with Crippen LogP contribution in [-0.4, -0.2) is 59.1 Å². The van der Waals surface area contributed by atoms with Crippen LogP contribution in [0, 0.1) is 0 Å². The fraction of sp³-hybridized carbons (Fsp3) is 0.293. The second kappa shape index (κ2) is 15.5. The van der Waals surface area contributed by atoms with Gasteiger partial charge in [0.1, 0.15) is 18.2 Å². The first-order valence-electron chi connectivity index (χ1n) is 17.2. The van der Waals surface area contributed by atoms with Crippen molar-refractivity contribution in [3.63, 3.8) is 0 Å². The summed E-state index contributed by atoms with van der Waals surface area (Å²) >= 11 is 0. The van der Waals surface area contributed by atoms with Gasteiger partial charge in [0.2, 0.25) is 0 Å². The molecule has 10 heteroatoms. The topological polar surface area (TPSA) is 142 Å². The lowest BCUT2D eigenvalue weighted by Gasteiger charge is -2.23. The molecule has 0 spiro atoms. The minimum atomic E-state index is -1.18. The third-order valence-electron chi connectivity index (χ3n) is 9.04. The Bertz CT molecular complexity index is 1970. The first-order valence-corrected chi connectivity index (χ1v) is 17.2. The molecule has 0 saturated carbocycles. The summed E-state index contributed by atoms with van der Waals surface area (Å²) in [4.78, 5) is 41.2. The zero-order valence-electron chi connectivity index (χ0n) is 29.1. The van der Waals surface area contributed by atoms with Gasteiger partial charge in [-0.2, -0.15) is 0 Å². The first-order chi connectivity index (χ1) is 24.6. The molecule has 0 aliphatic heterocycles. The zero-order valence-corrected chi connectivity index (χ0v) is 29.1. The molecule has 1 heterocycles. The summed E-state index contributed by atoms with van der Waals surface area (Å²) in [6, 6.07) is 30.5. The Labute approximate surface area is 297 Å². The van der Waals surface area contributed by atoms with Gasteiger partial charge in [0.25, 0.3) is 0 Å². The fourth-order valence-electron chi connectivity index (χ4n) is 6.73. The molecule has 0 saturated heterocycles. The van der Waals surface area contributed by atoms with Gasteiger partial charge in [-0.25, -0.2) is 14.4 Å². The maximum absolute atomic E-state index is 13.4. The van der Waals surface area contributed by atoms with Crippen LogP contribution < -0.4 is 16.0 Å². The molecule has 0 radical (unpaired) electrons. The molecule has 10 nitrogen and oxygen atoms in total. The number of hydrogen-bond acceptors (Lipinski definition) is 6. The number of carboxylic acid groups (broad SMARTS) is 1. The molecule has 1 aliphatic rings. The highest BCUT2D eigenvalue weighted by atomic mass is 16.6. The lowest BCUT2D eigenvalue weighted by molar-refractivity contribution is -0.139. The number of rotatable bonds is 13. The Hall–Kier alpha value is -5.61. The number of fused-ring (bicyclic) bond motifs is 4. The van der Waals surface area contributed by atoms with E-state index in [2.05, 4.69) is 51.3 Å². The number of nitrogens with one attached hydrogen (secondary N) is 4. The van der Waals surface area contributed by atoms with Gasteiger partial charge < -0.3 is 35.5 Å². The van der Waals surface area contributed by atoms with Crippen molar-refractivity contribution in [3.05, 3.63) is 131 Å². The Morgan fingerprint density at radius 3 is 2.08 bits per heavy atom. The van der Waals surface area contributed by atoms with E-state index in [-0.39, 0.29) is 25.0 Å². The number of amides is 2. The predicted octanol–water partition coefficient (Wildman–Crippen LogP) is 6.93. The minimum absolute atomic E-state index is 0.0516. The average molecular weight is 689 g/mol. The number of carbonyl (C=O) groups excluding carboxylic acids is 2. The van der Waals surface area contributed by atoms with Crippen LogP contribution >= 0.6 is 0 Å². The van der Waals surface area contributed by atoms with Crippen molar-refractivity contribution in [2.24, 2.45) is 0 Å². The second-order valence-electron chi connectivity index (χ2n) is 13.9. The van der Waals surface area contributed by atoms with Crippen molar-refractivity contribution in [2.75, 3.05) is 13.2 Å². The number of benzene rings is 4. The number of hydrogen-bond donors (Lipinski definition) is 5. The standard InChI is InChI=1S/C41H44N4O6/c1-41(2,3)51-40(49)45-37(38(46)47)21-26-12-4-5-13-27(26)22-42-24-29(20-28-23-43-36-19-11-10-14-30(28)36)44-39(48)50-25-35-33-17-8-6-15-31(33)32-16-7-9-18-34(32)35/h4-19,23,29,35,37,42-43H,20-22,24-25H2,1-3H3,(H,44,48)(H,45,49)(H,46,47)/t29-,37?/m0/s1. The summed E-state index contributed by atoms with van der Waals surface area (Å²) in [5.41, 5.74) is 7.59. The molecule has 5 N–H and O–H groups in total. The first kappa shape index (κ1) is 35.2. The highest BCUT2D eigenvalue weighted by molar-refractivity contribution is 5.83. The van der Waals surface area contributed by atoms with Crippen molar-refractivity contribution in [1.29, 1.82) is 0 Å². The van der Waals surface area contributed by atoms with E-state index >= 15 is 0 Å². The molecule has 1 aliphatic carbocycles. The smallest absolute Gasteiger partial charge is 0.408 e. The number of para-hydroxylation sites is 1. The molecule has 4 aromatic carbocycles. The molecule has 2 amide bonds. The van der Waals surface area contributed by atoms with E-state index in [1.165, 1.54) is 11.1 Å². The average Bonchev–Trinajstić information content (AvgIpc) is 3.65. The summed E-state index contributed by atoms with van der Waals surface area (Å²) < 4.78 is 11.2. The summed E-state index contributed by atoms with van der Waals surface area (Å²) in [5, 5.41) is 20.0. The number of carboxylic acids is 1. The van der Waals surface area contributed by atoms with E-state index in [0.717, 1.165) is 38.7 Å². The molecule has 5 aromatic rings. The van der Waals surface area contributed by atoms with Crippen LogP contribution in [0.2, 0.25) is 0 Å². The molecule has 51 heavy (non-hydrogen) atoms. The Morgan fingerprint density at radius 2 is 1.39 bits per heavy atom. The molecule has 0 bridgehead atoms. The number of carbonyl (C=O) groups is 3. The number of ether oxygens (including phenoxy) is 2. The van der Waals surface area contributed by atoms with Gasteiger partial charge in [0.15, 0.2) is 0 Å². The lowest BCUT2D eigenvalue weighted by atomic mass is 9.98. The third-order valence-corrected chi connectivity index (χ3v) is 9.04. The molecule has 6 rings (SSSR count).